The number of carbonyl (C=O) groups excluding carboxylic acids is 1. The van der Waals surface area contributed by atoms with Crippen LogP contribution in [-0.2, 0) is 9.59 Å². The van der Waals surface area contributed by atoms with E-state index in [4.69, 9.17) is 0 Å². The number of hydrogen-bond acceptors (Lipinski definition) is 2. The zero-order chi connectivity index (χ0) is 13.8. The van der Waals surface area contributed by atoms with Crippen molar-refractivity contribution in [2.75, 3.05) is 0 Å². The number of carboxylic acid groups (broad SMARTS) is 1. The minimum Gasteiger partial charge on any atom is -0.481 e. The molecule has 0 saturated heterocycles. The molecule has 1 fully saturated rings. The van der Waals surface area contributed by atoms with Gasteiger partial charge in [0.15, 0.2) is 0 Å². The van der Waals surface area contributed by atoms with Gasteiger partial charge in [-0.05, 0) is 31.6 Å². The van der Waals surface area contributed by atoms with Crippen molar-refractivity contribution >= 4 is 11.9 Å². The predicted molar refractivity (Wildman–Crippen MR) is 70.2 cm³/mol. The molecular formula is C14H25NO3. The molecular weight excluding hydrogens is 230 g/mol. The number of carbonyl (C=O) groups is 2. The first kappa shape index (κ1) is 15.0. The van der Waals surface area contributed by atoms with E-state index in [-0.39, 0.29) is 18.4 Å². The second kappa shape index (κ2) is 6.21. The summed E-state index contributed by atoms with van der Waals surface area (Å²) in [5.41, 5.74) is -0.890. The Hall–Kier alpha value is -1.06. The Labute approximate surface area is 109 Å². The Kier molecular flexibility index (Phi) is 5.17. The van der Waals surface area contributed by atoms with Crippen molar-refractivity contribution in [2.24, 2.45) is 11.3 Å². The van der Waals surface area contributed by atoms with E-state index in [1.807, 2.05) is 13.8 Å². The minimum absolute atomic E-state index is 0.102. The Morgan fingerprint density at radius 3 is 2.33 bits per heavy atom. The quantitative estimate of drug-likeness (QED) is 0.700. The summed E-state index contributed by atoms with van der Waals surface area (Å²) in [6, 6.07) is 0.289. The average Bonchev–Trinajstić information content (AvgIpc) is 3.04. The van der Waals surface area contributed by atoms with Crippen LogP contribution in [0.25, 0.3) is 0 Å². The van der Waals surface area contributed by atoms with Gasteiger partial charge in [0.1, 0.15) is 0 Å². The van der Waals surface area contributed by atoms with Gasteiger partial charge in [-0.1, -0.05) is 27.2 Å². The van der Waals surface area contributed by atoms with Gasteiger partial charge < -0.3 is 10.4 Å². The predicted octanol–water partition coefficient (Wildman–Crippen LogP) is 2.57. The molecule has 0 aliphatic heterocycles. The minimum atomic E-state index is -0.890. The van der Waals surface area contributed by atoms with Crippen LogP contribution >= 0.6 is 0 Å². The van der Waals surface area contributed by atoms with Crippen LogP contribution < -0.4 is 5.32 Å². The summed E-state index contributed by atoms with van der Waals surface area (Å²) in [7, 11) is 0. The molecule has 1 amide bonds. The standard InChI is InChI=1S/C14H25NO3/c1-4-7-10-8-11(10)15-12(16)9-14(5-2,6-3)13(17)18/h10-11H,4-9H2,1-3H3,(H,15,16)(H,17,18). The fourth-order valence-electron chi connectivity index (χ4n) is 2.56. The second-order valence-electron chi connectivity index (χ2n) is 5.43. The molecule has 104 valence electrons. The van der Waals surface area contributed by atoms with Crippen LogP contribution in [0, 0.1) is 11.3 Å². The van der Waals surface area contributed by atoms with Crippen molar-refractivity contribution in [1.82, 2.24) is 5.32 Å². The highest BCUT2D eigenvalue weighted by Gasteiger charge is 2.41. The van der Waals surface area contributed by atoms with Crippen molar-refractivity contribution in [3.05, 3.63) is 0 Å². The largest absolute Gasteiger partial charge is 0.481 e. The summed E-state index contributed by atoms with van der Waals surface area (Å²) in [4.78, 5) is 23.2. The lowest BCUT2D eigenvalue weighted by Gasteiger charge is -2.25. The van der Waals surface area contributed by atoms with E-state index in [1.165, 1.54) is 0 Å². The van der Waals surface area contributed by atoms with Gasteiger partial charge in [0.25, 0.3) is 0 Å². The third kappa shape index (κ3) is 3.47. The Bertz CT molecular complexity index is 310. The summed E-state index contributed by atoms with van der Waals surface area (Å²) < 4.78 is 0. The van der Waals surface area contributed by atoms with Crippen LogP contribution in [0.15, 0.2) is 0 Å². The van der Waals surface area contributed by atoms with Crippen molar-refractivity contribution < 1.29 is 14.7 Å². The van der Waals surface area contributed by atoms with Gasteiger partial charge in [0, 0.05) is 12.5 Å². The van der Waals surface area contributed by atoms with E-state index in [0.717, 1.165) is 19.3 Å². The SMILES string of the molecule is CCCC1CC1NC(=O)CC(CC)(CC)C(=O)O. The van der Waals surface area contributed by atoms with Crippen LogP contribution in [0.3, 0.4) is 0 Å². The molecule has 2 N–H and O–H groups in total. The van der Waals surface area contributed by atoms with E-state index < -0.39 is 11.4 Å². The molecule has 1 aliphatic rings. The Morgan fingerprint density at radius 1 is 1.28 bits per heavy atom. The average molecular weight is 255 g/mol. The maximum absolute atomic E-state index is 11.9. The van der Waals surface area contributed by atoms with Crippen molar-refractivity contribution in [1.29, 1.82) is 0 Å². The molecule has 1 aliphatic carbocycles. The third-order valence-corrected chi connectivity index (χ3v) is 4.23. The monoisotopic (exact) mass is 255 g/mol. The fraction of sp³-hybridized carbons (Fsp3) is 0.857. The van der Waals surface area contributed by atoms with Crippen LogP contribution in [0.4, 0.5) is 0 Å². The highest BCUT2D eigenvalue weighted by Crippen LogP contribution is 2.36. The molecule has 18 heavy (non-hydrogen) atoms. The zero-order valence-electron chi connectivity index (χ0n) is 11.7. The van der Waals surface area contributed by atoms with Crippen LogP contribution in [0.5, 0.6) is 0 Å². The van der Waals surface area contributed by atoms with Crippen LogP contribution in [0.2, 0.25) is 0 Å². The van der Waals surface area contributed by atoms with Gasteiger partial charge in [0.2, 0.25) is 5.91 Å². The number of hydrogen-bond donors (Lipinski definition) is 2. The molecule has 0 bridgehead atoms. The van der Waals surface area contributed by atoms with Gasteiger partial charge in [-0.3, -0.25) is 9.59 Å². The molecule has 4 nitrogen and oxygen atoms in total. The second-order valence-corrected chi connectivity index (χ2v) is 5.43. The number of nitrogens with one attached hydrogen (secondary N) is 1. The smallest absolute Gasteiger partial charge is 0.310 e. The molecule has 1 saturated carbocycles. The van der Waals surface area contributed by atoms with Gasteiger partial charge >= 0.3 is 5.97 Å². The summed E-state index contributed by atoms with van der Waals surface area (Å²) in [5, 5.41) is 12.2. The van der Waals surface area contributed by atoms with Gasteiger partial charge in [-0.2, -0.15) is 0 Å². The van der Waals surface area contributed by atoms with Gasteiger partial charge in [0.05, 0.1) is 5.41 Å². The maximum Gasteiger partial charge on any atom is 0.310 e. The van der Waals surface area contributed by atoms with E-state index in [9.17, 15) is 14.7 Å². The highest BCUT2D eigenvalue weighted by molar-refractivity contribution is 5.85. The molecule has 0 aromatic carbocycles. The maximum atomic E-state index is 11.9. The number of carboxylic acids is 1. The number of rotatable bonds is 8. The lowest BCUT2D eigenvalue weighted by molar-refractivity contribution is -0.152. The first-order valence-corrected chi connectivity index (χ1v) is 7.01. The molecule has 2 atom stereocenters. The molecule has 0 spiro atoms. The lowest BCUT2D eigenvalue weighted by atomic mass is 9.79. The summed E-state index contributed by atoms with van der Waals surface area (Å²) in [5.74, 6) is -0.352. The molecule has 0 aromatic heterocycles. The first-order valence-electron chi connectivity index (χ1n) is 7.01. The van der Waals surface area contributed by atoms with Crippen molar-refractivity contribution in [3.63, 3.8) is 0 Å². The lowest BCUT2D eigenvalue weighted by Crippen LogP contribution is -2.38. The topological polar surface area (TPSA) is 66.4 Å². The normalized spacial score (nSPS) is 22.6. The Balaban J connectivity index is 2.46. The molecule has 0 radical (unpaired) electrons. The van der Waals surface area contributed by atoms with Crippen LogP contribution in [-0.4, -0.2) is 23.0 Å². The van der Waals surface area contributed by atoms with E-state index in [1.54, 1.807) is 0 Å². The highest BCUT2D eigenvalue weighted by atomic mass is 16.4. The molecule has 2 unspecified atom stereocenters. The van der Waals surface area contributed by atoms with Gasteiger partial charge in [-0.25, -0.2) is 0 Å². The first-order chi connectivity index (χ1) is 8.49. The van der Waals surface area contributed by atoms with Crippen molar-refractivity contribution in [2.45, 2.75) is 65.3 Å². The number of aliphatic carboxylic acids is 1. The number of amides is 1. The van der Waals surface area contributed by atoms with E-state index in [2.05, 4.69) is 12.2 Å². The Morgan fingerprint density at radius 2 is 1.89 bits per heavy atom. The van der Waals surface area contributed by atoms with Crippen molar-refractivity contribution in [3.8, 4) is 0 Å². The summed E-state index contributed by atoms with van der Waals surface area (Å²) in [6.07, 6.45) is 4.43. The molecule has 1 rings (SSSR count). The molecule has 0 heterocycles. The summed E-state index contributed by atoms with van der Waals surface area (Å²) >= 11 is 0. The van der Waals surface area contributed by atoms with E-state index in [0.29, 0.717) is 18.8 Å². The molecule has 0 aromatic rings. The third-order valence-electron chi connectivity index (χ3n) is 4.23. The summed E-state index contributed by atoms with van der Waals surface area (Å²) in [6.45, 7) is 5.81. The van der Waals surface area contributed by atoms with Gasteiger partial charge in [-0.15, -0.1) is 0 Å². The fourth-order valence-corrected chi connectivity index (χ4v) is 2.56. The van der Waals surface area contributed by atoms with Crippen LogP contribution in [0.1, 0.15) is 59.3 Å². The zero-order valence-corrected chi connectivity index (χ0v) is 11.7. The molecule has 4 heteroatoms. The van der Waals surface area contributed by atoms with E-state index >= 15 is 0 Å².